The highest BCUT2D eigenvalue weighted by atomic mass is 16.5. The third-order valence-corrected chi connectivity index (χ3v) is 3.75. The van der Waals surface area contributed by atoms with Gasteiger partial charge in [-0.3, -0.25) is 0 Å². The van der Waals surface area contributed by atoms with Gasteiger partial charge in [0.15, 0.2) is 5.69 Å². The fraction of sp³-hybridized carbons (Fsp3) is 0.211. The second-order valence-corrected chi connectivity index (χ2v) is 5.55. The van der Waals surface area contributed by atoms with Gasteiger partial charge >= 0.3 is 0 Å². The molecule has 0 fully saturated rings. The van der Waals surface area contributed by atoms with Crippen LogP contribution in [0.2, 0.25) is 0 Å². The van der Waals surface area contributed by atoms with Gasteiger partial charge in [-0.1, -0.05) is 53.2 Å². The summed E-state index contributed by atoms with van der Waals surface area (Å²) in [5.41, 5.74) is 3.50. The molecule has 1 aromatic heterocycles. The van der Waals surface area contributed by atoms with Crippen LogP contribution in [0.1, 0.15) is 22.5 Å². The number of aryl methyl sites for hydroxylation is 1. The van der Waals surface area contributed by atoms with E-state index >= 15 is 0 Å². The van der Waals surface area contributed by atoms with E-state index in [1.54, 1.807) is 4.68 Å². The van der Waals surface area contributed by atoms with Crippen LogP contribution in [0, 0.1) is 18.3 Å². The molecule has 5 heteroatoms. The summed E-state index contributed by atoms with van der Waals surface area (Å²) in [5, 5.41) is 17.3. The Kier molecular flexibility index (Phi) is 4.87. The zero-order valence-corrected chi connectivity index (χ0v) is 13.5. The van der Waals surface area contributed by atoms with Crippen molar-refractivity contribution in [2.75, 3.05) is 6.61 Å². The van der Waals surface area contributed by atoms with Gasteiger partial charge in [0.1, 0.15) is 11.8 Å². The second-order valence-electron chi connectivity index (χ2n) is 5.55. The van der Waals surface area contributed by atoms with Crippen molar-refractivity contribution in [1.82, 2.24) is 15.0 Å². The maximum atomic E-state index is 9.24. The highest BCUT2D eigenvalue weighted by Crippen LogP contribution is 2.12. The number of hydrogen-bond donors (Lipinski definition) is 0. The van der Waals surface area contributed by atoms with Crippen LogP contribution in [-0.2, 0) is 13.0 Å². The van der Waals surface area contributed by atoms with Crippen molar-refractivity contribution in [2.24, 2.45) is 0 Å². The van der Waals surface area contributed by atoms with Crippen molar-refractivity contribution < 1.29 is 4.74 Å². The fourth-order valence-electron chi connectivity index (χ4n) is 2.44. The van der Waals surface area contributed by atoms with Crippen LogP contribution in [0.4, 0.5) is 0 Å². The van der Waals surface area contributed by atoms with E-state index in [0.717, 1.165) is 17.0 Å². The third-order valence-electron chi connectivity index (χ3n) is 3.75. The minimum Gasteiger partial charge on any atom is -0.493 e. The molecular formula is C19H18N4O. The first-order valence-electron chi connectivity index (χ1n) is 7.82. The van der Waals surface area contributed by atoms with Gasteiger partial charge in [-0.05, 0) is 24.6 Å². The van der Waals surface area contributed by atoms with E-state index in [4.69, 9.17) is 4.74 Å². The Labute approximate surface area is 141 Å². The summed E-state index contributed by atoms with van der Waals surface area (Å²) in [4.78, 5) is 0. The molecule has 0 amide bonds. The maximum absolute atomic E-state index is 9.24. The number of benzene rings is 2. The largest absolute Gasteiger partial charge is 0.493 e. The summed E-state index contributed by atoms with van der Waals surface area (Å²) in [6.45, 7) is 3.12. The van der Waals surface area contributed by atoms with Crippen LogP contribution in [0.25, 0.3) is 0 Å². The molecule has 0 saturated heterocycles. The third kappa shape index (κ3) is 3.79. The molecule has 0 aliphatic rings. The molecule has 3 aromatic rings. The van der Waals surface area contributed by atoms with Crippen molar-refractivity contribution in [3.63, 3.8) is 0 Å². The number of para-hydroxylation sites is 1. The number of ether oxygens (including phenoxy) is 1. The predicted octanol–water partition coefficient (Wildman–Crippen LogP) is 3.13. The number of rotatable bonds is 6. The quantitative estimate of drug-likeness (QED) is 0.700. The molecule has 2 aromatic carbocycles. The average Bonchev–Trinajstić information content (AvgIpc) is 3.00. The standard InChI is InChI=1S/C19H18N4O/c1-15-7-9-16(10-8-15)14-23-19(18(13-20)21-22-23)11-12-24-17-5-3-2-4-6-17/h2-10H,11-12,14H2,1H3. The molecule has 0 bridgehead atoms. The van der Waals surface area contributed by atoms with Gasteiger partial charge in [-0.2, -0.15) is 5.26 Å². The molecule has 120 valence electrons. The van der Waals surface area contributed by atoms with Crippen molar-refractivity contribution in [3.8, 4) is 11.8 Å². The first kappa shape index (κ1) is 15.8. The maximum Gasteiger partial charge on any atom is 0.186 e. The molecule has 0 atom stereocenters. The summed E-state index contributed by atoms with van der Waals surface area (Å²) in [7, 11) is 0. The van der Waals surface area contributed by atoms with Crippen molar-refractivity contribution in [1.29, 1.82) is 5.26 Å². The van der Waals surface area contributed by atoms with Crippen molar-refractivity contribution in [3.05, 3.63) is 77.1 Å². The second kappa shape index (κ2) is 7.42. The Bertz CT molecular complexity index is 832. The van der Waals surface area contributed by atoms with Gasteiger partial charge in [0.05, 0.1) is 18.8 Å². The number of nitrogens with zero attached hydrogens (tertiary/aromatic N) is 4. The molecule has 0 aliphatic heterocycles. The first-order chi connectivity index (χ1) is 11.8. The molecule has 0 saturated carbocycles. The van der Waals surface area contributed by atoms with E-state index in [1.165, 1.54) is 5.56 Å². The van der Waals surface area contributed by atoms with Gasteiger partial charge in [0.2, 0.25) is 0 Å². The van der Waals surface area contributed by atoms with E-state index in [1.807, 2.05) is 30.3 Å². The molecular weight excluding hydrogens is 300 g/mol. The summed E-state index contributed by atoms with van der Waals surface area (Å²) >= 11 is 0. The Morgan fingerprint density at radius 1 is 1.08 bits per heavy atom. The summed E-state index contributed by atoms with van der Waals surface area (Å²) in [6.07, 6.45) is 0.580. The monoisotopic (exact) mass is 318 g/mol. The van der Waals surface area contributed by atoms with E-state index in [9.17, 15) is 5.26 Å². The van der Waals surface area contributed by atoms with Gasteiger partial charge in [-0.25, -0.2) is 4.68 Å². The van der Waals surface area contributed by atoms with Crippen LogP contribution < -0.4 is 4.74 Å². The van der Waals surface area contributed by atoms with E-state index in [0.29, 0.717) is 25.3 Å². The highest BCUT2D eigenvalue weighted by Gasteiger charge is 2.13. The lowest BCUT2D eigenvalue weighted by Gasteiger charge is -2.09. The van der Waals surface area contributed by atoms with Gasteiger partial charge < -0.3 is 4.74 Å². The molecule has 0 spiro atoms. The molecule has 1 heterocycles. The Morgan fingerprint density at radius 3 is 2.54 bits per heavy atom. The Morgan fingerprint density at radius 2 is 1.83 bits per heavy atom. The van der Waals surface area contributed by atoms with Gasteiger partial charge in [-0.15, -0.1) is 5.10 Å². The predicted molar refractivity (Wildman–Crippen MR) is 90.7 cm³/mol. The lowest BCUT2D eigenvalue weighted by molar-refractivity contribution is 0.317. The molecule has 3 rings (SSSR count). The lowest BCUT2D eigenvalue weighted by atomic mass is 10.1. The molecule has 5 nitrogen and oxygen atoms in total. The minimum absolute atomic E-state index is 0.360. The van der Waals surface area contributed by atoms with Crippen LogP contribution in [0.15, 0.2) is 54.6 Å². The zero-order chi connectivity index (χ0) is 16.8. The minimum atomic E-state index is 0.360. The van der Waals surface area contributed by atoms with E-state index in [2.05, 4.69) is 47.6 Å². The zero-order valence-electron chi connectivity index (χ0n) is 13.5. The fourth-order valence-corrected chi connectivity index (χ4v) is 2.44. The number of hydrogen-bond acceptors (Lipinski definition) is 4. The SMILES string of the molecule is Cc1ccc(Cn2nnc(C#N)c2CCOc2ccccc2)cc1. The molecule has 24 heavy (non-hydrogen) atoms. The van der Waals surface area contributed by atoms with Gasteiger partial charge in [0, 0.05) is 6.42 Å². The van der Waals surface area contributed by atoms with Crippen LogP contribution >= 0.6 is 0 Å². The number of nitriles is 1. The topological polar surface area (TPSA) is 63.7 Å². The molecule has 0 aliphatic carbocycles. The van der Waals surface area contributed by atoms with E-state index < -0.39 is 0 Å². The van der Waals surface area contributed by atoms with Crippen LogP contribution in [0.3, 0.4) is 0 Å². The summed E-state index contributed by atoms with van der Waals surface area (Å²) in [6, 6.07) is 20.0. The van der Waals surface area contributed by atoms with Gasteiger partial charge in [0.25, 0.3) is 0 Å². The van der Waals surface area contributed by atoms with Crippen LogP contribution in [-0.4, -0.2) is 21.6 Å². The summed E-state index contributed by atoms with van der Waals surface area (Å²) in [5.74, 6) is 0.813. The Balaban J connectivity index is 1.70. The van der Waals surface area contributed by atoms with E-state index in [-0.39, 0.29) is 0 Å². The smallest absolute Gasteiger partial charge is 0.186 e. The number of aromatic nitrogens is 3. The van der Waals surface area contributed by atoms with Crippen molar-refractivity contribution in [2.45, 2.75) is 19.9 Å². The van der Waals surface area contributed by atoms with Crippen molar-refractivity contribution >= 4 is 0 Å². The lowest BCUT2D eigenvalue weighted by Crippen LogP contribution is -2.11. The first-order valence-corrected chi connectivity index (χ1v) is 7.82. The highest BCUT2D eigenvalue weighted by molar-refractivity contribution is 5.27. The Hall–Kier alpha value is -3.13. The average molecular weight is 318 g/mol. The molecule has 0 radical (unpaired) electrons. The van der Waals surface area contributed by atoms with Crippen LogP contribution in [0.5, 0.6) is 5.75 Å². The normalized spacial score (nSPS) is 10.3. The molecule has 0 unspecified atom stereocenters. The summed E-state index contributed by atoms with van der Waals surface area (Å²) < 4.78 is 7.50. The molecule has 0 N–H and O–H groups in total.